The first kappa shape index (κ1) is 14.9. The van der Waals surface area contributed by atoms with E-state index in [2.05, 4.69) is 20.7 Å². The van der Waals surface area contributed by atoms with Crippen LogP contribution in [0, 0.1) is 0 Å². The minimum Gasteiger partial charge on any atom is -0.434 e. The van der Waals surface area contributed by atoms with Crippen molar-refractivity contribution in [2.45, 2.75) is 19.7 Å². The van der Waals surface area contributed by atoms with Crippen LogP contribution in [0.3, 0.4) is 0 Å². The van der Waals surface area contributed by atoms with Gasteiger partial charge in [0.1, 0.15) is 11.3 Å². The van der Waals surface area contributed by atoms with Gasteiger partial charge in [-0.25, -0.2) is 0 Å². The summed E-state index contributed by atoms with van der Waals surface area (Å²) in [5.41, 5.74) is -2.23. The Morgan fingerprint density at radius 1 is 1.33 bits per heavy atom. The van der Waals surface area contributed by atoms with Gasteiger partial charge >= 0.3 is 12.8 Å². The molecule has 0 atom stereocenters. The zero-order valence-corrected chi connectivity index (χ0v) is 10.4. The van der Waals surface area contributed by atoms with Crippen molar-refractivity contribution >= 4 is 21.7 Å². The molecular weight excluding hydrogens is 327 g/mol. The van der Waals surface area contributed by atoms with E-state index < -0.39 is 35.4 Å². The van der Waals surface area contributed by atoms with Crippen LogP contribution in [0.25, 0.3) is 0 Å². The van der Waals surface area contributed by atoms with Crippen molar-refractivity contribution in [1.29, 1.82) is 0 Å². The number of ether oxygens (including phenoxy) is 1. The minimum absolute atomic E-state index is 0.0383. The molecule has 0 aliphatic heterocycles. The van der Waals surface area contributed by atoms with Crippen molar-refractivity contribution in [1.82, 2.24) is 0 Å². The molecule has 1 rings (SSSR count). The summed E-state index contributed by atoms with van der Waals surface area (Å²) >= 11 is 2.83. The van der Waals surface area contributed by atoms with Gasteiger partial charge in [0.2, 0.25) is 0 Å². The average Bonchev–Trinajstić information content (AvgIpc) is 2.12. The molecule has 0 saturated carbocycles. The highest BCUT2D eigenvalue weighted by atomic mass is 79.9. The van der Waals surface area contributed by atoms with Gasteiger partial charge in [-0.3, -0.25) is 4.79 Å². The molecule has 8 heteroatoms. The molecule has 0 bridgehead atoms. The molecule has 2 nitrogen and oxygen atoms in total. The summed E-state index contributed by atoms with van der Waals surface area (Å²) in [6.45, 7) is -2.51. The van der Waals surface area contributed by atoms with Crippen LogP contribution in [0.15, 0.2) is 16.6 Å². The fraction of sp³-hybridized carbons (Fsp3) is 0.300. The molecule has 0 aliphatic carbocycles. The number of Topliss-reactive ketones (excluding diaryl/α,β-unsaturated/α-hetero) is 1. The van der Waals surface area contributed by atoms with Crippen LogP contribution in [0.5, 0.6) is 5.75 Å². The van der Waals surface area contributed by atoms with Crippen LogP contribution in [0.2, 0.25) is 0 Å². The molecule has 0 unspecified atom stereocenters. The van der Waals surface area contributed by atoms with E-state index in [0.29, 0.717) is 0 Å². The maximum atomic E-state index is 12.8. The maximum absolute atomic E-state index is 12.8. The van der Waals surface area contributed by atoms with Crippen molar-refractivity contribution in [3.8, 4) is 5.75 Å². The number of hydrogen-bond acceptors (Lipinski definition) is 2. The van der Waals surface area contributed by atoms with Crippen molar-refractivity contribution < 1.29 is 31.5 Å². The number of hydrogen-bond donors (Lipinski definition) is 0. The quantitative estimate of drug-likeness (QED) is 0.610. The lowest BCUT2D eigenvalue weighted by Crippen LogP contribution is -2.16. The van der Waals surface area contributed by atoms with E-state index in [-0.39, 0.29) is 4.47 Å². The maximum Gasteiger partial charge on any atom is 0.420 e. The number of rotatable bonds is 3. The van der Waals surface area contributed by atoms with Crippen LogP contribution in [-0.4, -0.2) is 12.4 Å². The van der Waals surface area contributed by atoms with E-state index in [9.17, 15) is 26.7 Å². The van der Waals surface area contributed by atoms with Gasteiger partial charge in [-0.2, -0.15) is 22.0 Å². The Morgan fingerprint density at radius 2 is 1.89 bits per heavy atom. The smallest absolute Gasteiger partial charge is 0.420 e. The van der Waals surface area contributed by atoms with Crippen LogP contribution >= 0.6 is 15.9 Å². The highest BCUT2D eigenvalue weighted by Gasteiger charge is 2.39. The number of alkyl halides is 5. The first-order valence-corrected chi connectivity index (χ1v) is 5.28. The topological polar surface area (TPSA) is 26.3 Å². The van der Waals surface area contributed by atoms with Gasteiger partial charge in [0.25, 0.3) is 0 Å². The summed E-state index contributed by atoms with van der Waals surface area (Å²) in [6.07, 6.45) is -4.97. The van der Waals surface area contributed by atoms with Crippen LogP contribution in [0.1, 0.15) is 22.8 Å². The third-order valence-electron chi connectivity index (χ3n) is 1.95. The lowest BCUT2D eigenvalue weighted by atomic mass is 10.0. The van der Waals surface area contributed by atoms with Crippen molar-refractivity contribution in [3.05, 3.63) is 27.7 Å². The van der Waals surface area contributed by atoms with Gasteiger partial charge in [0.15, 0.2) is 5.78 Å². The average molecular weight is 333 g/mol. The predicted molar refractivity (Wildman–Crippen MR) is 55.8 cm³/mol. The zero-order chi connectivity index (χ0) is 14.1. The molecule has 1 aromatic carbocycles. The Balaban J connectivity index is 3.53. The molecule has 18 heavy (non-hydrogen) atoms. The van der Waals surface area contributed by atoms with E-state index in [1.54, 1.807) is 0 Å². The lowest BCUT2D eigenvalue weighted by Gasteiger charge is -2.16. The monoisotopic (exact) mass is 332 g/mol. The summed E-state index contributed by atoms with van der Waals surface area (Å²) in [5, 5.41) is 0. The first-order chi connectivity index (χ1) is 8.12. The molecule has 0 fully saturated rings. The van der Waals surface area contributed by atoms with Crippen LogP contribution in [-0.2, 0) is 6.18 Å². The minimum atomic E-state index is -4.97. The second-order valence-electron chi connectivity index (χ2n) is 3.26. The Labute approximate surface area is 107 Å². The number of ketones is 1. The summed E-state index contributed by atoms with van der Waals surface area (Å²) in [5.74, 6) is -1.99. The fourth-order valence-electron chi connectivity index (χ4n) is 1.34. The summed E-state index contributed by atoms with van der Waals surface area (Å²) < 4.78 is 66.2. The predicted octanol–water partition coefficient (Wildman–Crippen LogP) is 4.27. The number of carbonyl (C=O) groups excluding carboxylic acids is 1. The Morgan fingerprint density at radius 3 is 2.28 bits per heavy atom. The van der Waals surface area contributed by atoms with Gasteiger partial charge in [-0.05, 0) is 19.1 Å². The van der Waals surface area contributed by atoms with Gasteiger partial charge in [0, 0.05) is 10.0 Å². The third-order valence-corrected chi connectivity index (χ3v) is 2.40. The van der Waals surface area contributed by atoms with Crippen molar-refractivity contribution in [2.75, 3.05) is 0 Å². The molecule has 0 heterocycles. The molecule has 0 aliphatic rings. The van der Waals surface area contributed by atoms with E-state index in [4.69, 9.17) is 0 Å². The van der Waals surface area contributed by atoms with Gasteiger partial charge < -0.3 is 4.74 Å². The molecule has 0 aromatic heterocycles. The molecule has 0 N–H and O–H groups in total. The van der Waals surface area contributed by atoms with Crippen LogP contribution < -0.4 is 4.74 Å². The Kier molecular flexibility index (Phi) is 4.31. The SMILES string of the molecule is CC(=O)c1cc(Br)cc(OC(F)F)c1C(F)(F)F. The Hall–Kier alpha value is -1.18. The van der Waals surface area contributed by atoms with E-state index in [1.807, 2.05) is 0 Å². The van der Waals surface area contributed by atoms with Crippen molar-refractivity contribution in [2.24, 2.45) is 0 Å². The largest absolute Gasteiger partial charge is 0.434 e. The molecule has 0 amide bonds. The third kappa shape index (κ3) is 3.41. The molecule has 0 spiro atoms. The van der Waals surface area contributed by atoms with E-state index in [1.165, 1.54) is 0 Å². The van der Waals surface area contributed by atoms with E-state index >= 15 is 0 Å². The molecule has 0 saturated heterocycles. The standard InChI is InChI=1S/C10H6BrF5O2/c1-4(17)6-2-5(11)3-7(18-9(12)13)8(6)10(14,15)16/h2-3,9H,1H3. The summed E-state index contributed by atoms with van der Waals surface area (Å²) in [7, 11) is 0. The lowest BCUT2D eigenvalue weighted by molar-refractivity contribution is -0.142. The fourth-order valence-corrected chi connectivity index (χ4v) is 1.78. The number of carbonyl (C=O) groups is 1. The molecule has 0 radical (unpaired) electrons. The number of halogens is 6. The highest BCUT2D eigenvalue weighted by molar-refractivity contribution is 9.10. The Bertz CT molecular complexity index is 470. The normalized spacial score (nSPS) is 11.8. The van der Waals surface area contributed by atoms with Crippen molar-refractivity contribution in [3.63, 3.8) is 0 Å². The molecular formula is C10H6BrF5O2. The second-order valence-corrected chi connectivity index (χ2v) is 4.17. The molecule has 1 aromatic rings. The highest BCUT2D eigenvalue weighted by Crippen LogP contribution is 2.41. The van der Waals surface area contributed by atoms with Gasteiger partial charge in [0.05, 0.1) is 0 Å². The van der Waals surface area contributed by atoms with Crippen LogP contribution in [0.4, 0.5) is 22.0 Å². The summed E-state index contributed by atoms with van der Waals surface area (Å²) in [6, 6.07) is 1.64. The van der Waals surface area contributed by atoms with Gasteiger partial charge in [-0.1, -0.05) is 15.9 Å². The number of benzene rings is 1. The molecule has 100 valence electrons. The summed E-state index contributed by atoms with van der Waals surface area (Å²) in [4.78, 5) is 11.1. The second kappa shape index (κ2) is 5.21. The van der Waals surface area contributed by atoms with Gasteiger partial charge in [-0.15, -0.1) is 0 Å². The van der Waals surface area contributed by atoms with E-state index in [0.717, 1.165) is 19.1 Å². The first-order valence-electron chi connectivity index (χ1n) is 4.49. The zero-order valence-electron chi connectivity index (χ0n) is 8.82.